The average molecular weight is 457 g/mol. The smallest absolute Gasteiger partial charge is 0.240 e. The Labute approximate surface area is 188 Å². The van der Waals surface area contributed by atoms with E-state index in [4.69, 9.17) is 4.42 Å². The molecule has 3 aromatic carbocycles. The van der Waals surface area contributed by atoms with Gasteiger partial charge in [0.15, 0.2) is 0 Å². The zero-order chi connectivity index (χ0) is 20.6. The van der Waals surface area contributed by atoms with Crippen LogP contribution in [0.25, 0.3) is 21.9 Å². The van der Waals surface area contributed by atoms with Crippen LogP contribution in [-0.4, -0.2) is 33.0 Å². The molecule has 5 rings (SSSR count). The maximum absolute atomic E-state index is 12.8. The van der Waals surface area contributed by atoms with Crippen LogP contribution in [0.1, 0.15) is 17.5 Å². The van der Waals surface area contributed by atoms with Gasteiger partial charge in [-0.2, -0.15) is 0 Å². The minimum absolute atomic E-state index is 0. The molecule has 0 fully saturated rings. The van der Waals surface area contributed by atoms with E-state index in [2.05, 4.69) is 33.9 Å². The second kappa shape index (κ2) is 9.01. The maximum Gasteiger partial charge on any atom is 0.240 e. The maximum atomic E-state index is 12.8. The predicted octanol–water partition coefficient (Wildman–Crippen LogP) is 4.73. The number of nitrogens with one attached hydrogen (secondary N) is 1. The summed E-state index contributed by atoms with van der Waals surface area (Å²) in [6.45, 7) is 3.26. The van der Waals surface area contributed by atoms with Gasteiger partial charge in [-0.3, -0.25) is 4.90 Å². The van der Waals surface area contributed by atoms with Gasteiger partial charge in [-0.25, -0.2) is 13.1 Å². The topological polar surface area (TPSA) is 62.6 Å². The van der Waals surface area contributed by atoms with Crippen molar-refractivity contribution in [3.8, 4) is 0 Å². The lowest BCUT2D eigenvalue weighted by Crippen LogP contribution is -2.33. The number of fused-ring (bicyclic) bond motifs is 4. The Morgan fingerprint density at radius 2 is 1.65 bits per heavy atom. The first-order valence-corrected chi connectivity index (χ1v) is 11.8. The van der Waals surface area contributed by atoms with Crippen LogP contribution in [0.3, 0.4) is 0 Å². The Morgan fingerprint density at radius 1 is 0.903 bits per heavy atom. The van der Waals surface area contributed by atoms with Gasteiger partial charge in [0.1, 0.15) is 11.2 Å². The Kier molecular flexibility index (Phi) is 6.34. The van der Waals surface area contributed by atoms with Crippen molar-refractivity contribution in [1.29, 1.82) is 0 Å². The van der Waals surface area contributed by atoms with E-state index in [1.807, 2.05) is 24.3 Å². The molecular formula is C24H25ClN2O3S. The molecular weight excluding hydrogens is 432 g/mol. The van der Waals surface area contributed by atoms with E-state index in [1.165, 1.54) is 11.1 Å². The first-order chi connectivity index (χ1) is 14.6. The molecule has 5 nitrogen and oxygen atoms in total. The third-order valence-electron chi connectivity index (χ3n) is 5.81. The highest BCUT2D eigenvalue weighted by Crippen LogP contribution is 2.30. The summed E-state index contributed by atoms with van der Waals surface area (Å²) in [4.78, 5) is 2.66. The number of para-hydroxylation sites is 1. The van der Waals surface area contributed by atoms with E-state index < -0.39 is 10.0 Å². The van der Waals surface area contributed by atoms with Crippen molar-refractivity contribution >= 4 is 44.4 Å². The molecule has 1 N–H and O–H groups in total. The number of rotatable bonds is 6. The summed E-state index contributed by atoms with van der Waals surface area (Å²) in [6, 6.07) is 21.3. The van der Waals surface area contributed by atoms with Crippen LogP contribution in [0.4, 0.5) is 0 Å². The highest BCUT2D eigenvalue weighted by atomic mass is 35.5. The molecule has 1 aliphatic heterocycles. The van der Waals surface area contributed by atoms with Crippen molar-refractivity contribution in [3.05, 3.63) is 77.9 Å². The van der Waals surface area contributed by atoms with Crippen molar-refractivity contribution < 1.29 is 12.8 Å². The number of hydrogen-bond donors (Lipinski definition) is 1. The van der Waals surface area contributed by atoms with E-state index in [9.17, 15) is 8.42 Å². The summed E-state index contributed by atoms with van der Waals surface area (Å²) in [6.07, 6.45) is 1.83. The first kappa shape index (κ1) is 21.8. The number of benzene rings is 3. The van der Waals surface area contributed by atoms with E-state index in [0.29, 0.717) is 12.1 Å². The third-order valence-corrected chi connectivity index (χ3v) is 7.27. The van der Waals surface area contributed by atoms with E-state index in [-0.39, 0.29) is 17.3 Å². The molecule has 31 heavy (non-hydrogen) atoms. The molecule has 1 aliphatic rings. The SMILES string of the molecule is Cl.O=S(=O)(NCCCN1CCc2ccccc2C1)c1ccc2oc3ccccc3c2c1. The third kappa shape index (κ3) is 4.48. The zero-order valence-electron chi connectivity index (χ0n) is 17.1. The summed E-state index contributed by atoms with van der Waals surface area (Å²) >= 11 is 0. The molecule has 162 valence electrons. The number of hydrogen-bond acceptors (Lipinski definition) is 4. The monoisotopic (exact) mass is 456 g/mol. The second-order valence-electron chi connectivity index (χ2n) is 7.80. The lowest BCUT2D eigenvalue weighted by atomic mass is 10.00. The van der Waals surface area contributed by atoms with Crippen molar-refractivity contribution in [1.82, 2.24) is 9.62 Å². The molecule has 1 aromatic heterocycles. The molecule has 2 heterocycles. The molecule has 0 atom stereocenters. The number of sulfonamides is 1. The van der Waals surface area contributed by atoms with Crippen LogP contribution in [0, 0.1) is 0 Å². The number of furan rings is 1. The Morgan fingerprint density at radius 3 is 2.52 bits per heavy atom. The van der Waals surface area contributed by atoms with Gasteiger partial charge in [0.2, 0.25) is 10.0 Å². The van der Waals surface area contributed by atoms with Gasteiger partial charge in [-0.05, 0) is 54.8 Å². The molecule has 7 heteroatoms. The number of nitrogens with zero attached hydrogens (tertiary/aromatic N) is 1. The largest absolute Gasteiger partial charge is 0.456 e. The van der Waals surface area contributed by atoms with Gasteiger partial charge in [0.05, 0.1) is 4.90 Å². The lowest BCUT2D eigenvalue weighted by Gasteiger charge is -2.28. The van der Waals surface area contributed by atoms with Gasteiger partial charge in [-0.15, -0.1) is 12.4 Å². The molecule has 0 saturated heterocycles. The van der Waals surface area contributed by atoms with E-state index >= 15 is 0 Å². The molecule has 0 saturated carbocycles. The highest BCUT2D eigenvalue weighted by Gasteiger charge is 2.18. The summed E-state index contributed by atoms with van der Waals surface area (Å²) < 4.78 is 34.1. The van der Waals surface area contributed by atoms with Crippen LogP contribution < -0.4 is 4.72 Å². The second-order valence-corrected chi connectivity index (χ2v) is 9.57. The summed E-state index contributed by atoms with van der Waals surface area (Å²) in [5, 5.41) is 1.75. The highest BCUT2D eigenvalue weighted by molar-refractivity contribution is 7.89. The molecule has 4 aromatic rings. The molecule has 0 unspecified atom stereocenters. The van der Waals surface area contributed by atoms with Crippen molar-refractivity contribution in [3.63, 3.8) is 0 Å². The Hall–Kier alpha value is -2.38. The normalized spacial score (nSPS) is 14.5. The van der Waals surface area contributed by atoms with E-state index in [1.54, 1.807) is 18.2 Å². The fourth-order valence-corrected chi connectivity index (χ4v) is 5.31. The minimum atomic E-state index is -3.56. The van der Waals surface area contributed by atoms with E-state index in [0.717, 1.165) is 48.8 Å². The van der Waals surface area contributed by atoms with Gasteiger partial charge >= 0.3 is 0 Å². The van der Waals surface area contributed by atoms with Crippen LogP contribution >= 0.6 is 12.4 Å². The van der Waals surface area contributed by atoms with Gasteiger partial charge in [0.25, 0.3) is 0 Å². The Bertz CT molecular complexity index is 1320. The molecule has 0 amide bonds. The lowest BCUT2D eigenvalue weighted by molar-refractivity contribution is 0.251. The van der Waals surface area contributed by atoms with Crippen LogP contribution in [0.5, 0.6) is 0 Å². The van der Waals surface area contributed by atoms with Gasteiger partial charge in [0, 0.05) is 30.4 Å². The van der Waals surface area contributed by atoms with Crippen molar-refractivity contribution in [2.24, 2.45) is 0 Å². The zero-order valence-corrected chi connectivity index (χ0v) is 18.7. The van der Waals surface area contributed by atoms with Gasteiger partial charge < -0.3 is 4.42 Å². The van der Waals surface area contributed by atoms with Crippen LogP contribution in [-0.2, 0) is 23.0 Å². The predicted molar refractivity (Wildman–Crippen MR) is 126 cm³/mol. The summed E-state index contributed by atoms with van der Waals surface area (Å²) in [5.41, 5.74) is 4.26. The average Bonchev–Trinajstić information content (AvgIpc) is 3.14. The molecule has 0 spiro atoms. The molecule has 0 aliphatic carbocycles. The summed E-state index contributed by atoms with van der Waals surface area (Å²) in [5.74, 6) is 0. The molecule has 0 radical (unpaired) electrons. The summed E-state index contributed by atoms with van der Waals surface area (Å²) in [7, 11) is -3.56. The fraction of sp³-hybridized carbons (Fsp3) is 0.250. The minimum Gasteiger partial charge on any atom is -0.456 e. The van der Waals surface area contributed by atoms with Crippen LogP contribution in [0.15, 0.2) is 76.0 Å². The van der Waals surface area contributed by atoms with Crippen molar-refractivity contribution in [2.75, 3.05) is 19.6 Å². The standard InChI is InChI=1S/C24H24N2O3S.ClH/c27-30(28,20-10-11-24-22(16-20)21-8-3-4-9-23(21)29-24)25-13-5-14-26-15-12-18-6-1-2-7-19(18)17-26;/h1-4,6-11,16,25H,5,12-15,17H2;1H. The quantitative estimate of drug-likeness (QED) is 0.426. The fourth-order valence-electron chi connectivity index (χ4n) is 4.21. The number of halogens is 1. The van der Waals surface area contributed by atoms with Crippen molar-refractivity contribution in [2.45, 2.75) is 24.3 Å². The van der Waals surface area contributed by atoms with Crippen LogP contribution in [0.2, 0.25) is 0 Å². The van der Waals surface area contributed by atoms with Gasteiger partial charge in [-0.1, -0.05) is 42.5 Å². The molecule has 0 bridgehead atoms. The Balaban J connectivity index is 0.00000231. The first-order valence-electron chi connectivity index (χ1n) is 10.3.